The predicted molar refractivity (Wildman–Crippen MR) is 146 cm³/mol. The molecule has 0 saturated carbocycles. The van der Waals surface area contributed by atoms with E-state index in [2.05, 4.69) is 10.3 Å². The van der Waals surface area contributed by atoms with Crippen LogP contribution < -0.4 is 10.1 Å². The Bertz CT molecular complexity index is 1320. The third-order valence-electron chi connectivity index (χ3n) is 5.43. The fourth-order valence-corrected chi connectivity index (χ4v) is 3.38. The van der Waals surface area contributed by atoms with E-state index in [1.807, 2.05) is 31.2 Å². The molecule has 2 N–H and O–H groups in total. The van der Waals surface area contributed by atoms with Gasteiger partial charge in [0.1, 0.15) is 11.5 Å². The van der Waals surface area contributed by atoms with E-state index in [1.165, 1.54) is 6.08 Å². The second kappa shape index (κ2) is 13.4. The van der Waals surface area contributed by atoms with Crippen LogP contribution in [0.25, 0.3) is 6.08 Å². The van der Waals surface area contributed by atoms with Crippen LogP contribution in [0.4, 0.5) is 10.5 Å². The zero-order valence-electron chi connectivity index (χ0n) is 21.5. The maximum atomic E-state index is 12.6. The minimum Gasteiger partial charge on any atom is -0.478 e. The summed E-state index contributed by atoms with van der Waals surface area (Å²) in [5.74, 6) is 0.358. The van der Waals surface area contributed by atoms with Gasteiger partial charge in [-0.3, -0.25) is 15.0 Å². The molecule has 0 aliphatic heterocycles. The molecule has 0 spiro atoms. The number of benzene rings is 3. The van der Waals surface area contributed by atoms with Crippen molar-refractivity contribution >= 4 is 36.1 Å². The van der Waals surface area contributed by atoms with Crippen LogP contribution in [0.1, 0.15) is 23.6 Å². The molecule has 0 fully saturated rings. The van der Waals surface area contributed by atoms with Crippen LogP contribution in [0.3, 0.4) is 0 Å². The number of aliphatic imine (C=N–C) groups is 1. The van der Waals surface area contributed by atoms with Gasteiger partial charge < -0.3 is 14.7 Å². The Balaban J connectivity index is 1.80. The minimum absolute atomic E-state index is 0.226. The van der Waals surface area contributed by atoms with Crippen LogP contribution in [0.15, 0.2) is 83.9 Å². The number of carboxylic acid groups (broad SMARTS) is 1. The molecule has 0 aliphatic rings. The highest BCUT2D eigenvalue weighted by molar-refractivity contribution is 6.00. The molecule has 0 unspecified atom stereocenters. The molecular formula is C29H30N4O5. The summed E-state index contributed by atoms with van der Waals surface area (Å²) in [4.78, 5) is 42.0. The third-order valence-corrected chi connectivity index (χ3v) is 5.43. The zero-order valence-corrected chi connectivity index (χ0v) is 21.5. The monoisotopic (exact) mass is 514 g/mol. The van der Waals surface area contributed by atoms with Gasteiger partial charge in [-0.2, -0.15) is 0 Å². The van der Waals surface area contributed by atoms with Crippen LogP contribution in [0, 0.1) is 6.92 Å². The molecule has 0 heterocycles. The smallest absolute Gasteiger partial charge is 0.330 e. The first kappa shape index (κ1) is 27.7. The predicted octanol–water partition coefficient (Wildman–Crippen LogP) is 5.19. The number of hydrogen-bond donors (Lipinski definition) is 2. The second-order valence-electron chi connectivity index (χ2n) is 8.44. The number of rotatable bonds is 9. The number of nitrogens with zero attached hydrogens (tertiary/aromatic N) is 3. The van der Waals surface area contributed by atoms with E-state index in [4.69, 9.17) is 9.84 Å². The van der Waals surface area contributed by atoms with Crippen molar-refractivity contribution in [1.29, 1.82) is 0 Å². The Morgan fingerprint density at radius 2 is 1.74 bits per heavy atom. The van der Waals surface area contributed by atoms with Gasteiger partial charge >= 0.3 is 12.0 Å². The second-order valence-corrected chi connectivity index (χ2v) is 8.44. The highest BCUT2D eigenvalue weighted by atomic mass is 16.5. The molecular weight excluding hydrogens is 484 g/mol. The maximum Gasteiger partial charge on any atom is 0.330 e. The summed E-state index contributed by atoms with van der Waals surface area (Å²) in [6.07, 6.45) is 3.03. The van der Waals surface area contributed by atoms with Gasteiger partial charge in [-0.1, -0.05) is 42.0 Å². The summed E-state index contributed by atoms with van der Waals surface area (Å²) in [6, 6.07) is 21.5. The number of urea groups is 1. The molecule has 196 valence electrons. The zero-order chi connectivity index (χ0) is 27.5. The van der Waals surface area contributed by atoms with E-state index in [9.17, 15) is 14.4 Å². The molecule has 0 saturated heterocycles. The topological polar surface area (TPSA) is 112 Å². The average Bonchev–Trinajstić information content (AvgIpc) is 2.90. The van der Waals surface area contributed by atoms with E-state index in [1.54, 1.807) is 67.4 Å². The molecule has 3 rings (SSSR count). The van der Waals surface area contributed by atoms with Gasteiger partial charge in [0.2, 0.25) is 12.4 Å². The molecule has 3 aromatic carbocycles. The summed E-state index contributed by atoms with van der Waals surface area (Å²) < 4.78 is 5.89. The van der Waals surface area contributed by atoms with E-state index in [0.717, 1.165) is 22.1 Å². The van der Waals surface area contributed by atoms with Crippen molar-refractivity contribution in [2.45, 2.75) is 20.4 Å². The van der Waals surface area contributed by atoms with E-state index < -0.39 is 12.0 Å². The molecule has 0 aromatic heterocycles. The summed E-state index contributed by atoms with van der Waals surface area (Å²) in [5, 5.41) is 11.5. The van der Waals surface area contributed by atoms with Gasteiger partial charge in [0.25, 0.3) is 0 Å². The molecule has 9 heteroatoms. The number of carboxylic acids is 1. The molecule has 0 bridgehead atoms. The Morgan fingerprint density at radius 1 is 1.03 bits per heavy atom. The van der Waals surface area contributed by atoms with Crippen LogP contribution in [-0.4, -0.2) is 52.9 Å². The lowest BCUT2D eigenvalue weighted by Gasteiger charge is -2.23. The van der Waals surface area contributed by atoms with Gasteiger partial charge in [-0.05, 0) is 67.4 Å². The number of amides is 3. The van der Waals surface area contributed by atoms with Crippen molar-refractivity contribution in [2.24, 2.45) is 4.99 Å². The number of nitrogens with one attached hydrogen (secondary N) is 1. The molecule has 0 radical (unpaired) electrons. The van der Waals surface area contributed by atoms with Crippen LogP contribution in [0.2, 0.25) is 0 Å². The average molecular weight is 515 g/mol. The summed E-state index contributed by atoms with van der Waals surface area (Å²) in [5.41, 5.74) is 3.44. The lowest BCUT2D eigenvalue weighted by Crippen LogP contribution is -2.47. The van der Waals surface area contributed by atoms with Crippen LogP contribution in [-0.2, 0) is 16.1 Å². The lowest BCUT2D eigenvalue weighted by molar-refractivity contribution is -0.131. The summed E-state index contributed by atoms with van der Waals surface area (Å²) >= 11 is 0. The van der Waals surface area contributed by atoms with Gasteiger partial charge in [-0.25, -0.2) is 14.6 Å². The van der Waals surface area contributed by atoms with Crippen molar-refractivity contribution < 1.29 is 24.2 Å². The highest BCUT2D eigenvalue weighted by Gasteiger charge is 2.16. The first-order valence-corrected chi connectivity index (χ1v) is 11.9. The van der Waals surface area contributed by atoms with Crippen molar-refractivity contribution in [1.82, 2.24) is 15.1 Å². The number of guanidine groups is 1. The first-order valence-electron chi connectivity index (χ1n) is 11.9. The van der Waals surface area contributed by atoms with Crippen molar-refractivity contribution in [3.8, 4) is 11.5 Å². The van der Waals surface area contributed by atoms with Crippen molar-refractivity contribution in [3.63, 3.8) is 0 Å². The number of ether oxygens (including phenoxy) is 1. The number of hydrogen-bond acceptors (Lipinski definition) is 5. The number of carbonyl (C=O) groups is 3. The van der Waals surface area contributed by atoms with E-state index in [-0.39, 0.29) is 12.5 Å². The molecule has 0 atom stereocenters. The Labute approximate surface area is 221 Å². The number of aryl methyl sites for hydroxylation is 1. The largest absolute Gasteiger partial charge is 0.478 e. The van der Waals surface area contributed by atoms with Gasteiger partial charge in [0.15, 0.2) is 0 Å². The van der Waals surface area contributed by atoms with Gasteiger partial charge in [-0.15, -0.1) is 0 Å². The molecule has 3 amide bonds. The molecule has 0 aliphatic carbocycles. The maximum absolute atomic E-state index is 12.6. The Hall–Kier alpha value is -4.92. The normalized spacial score (nSPS) is 11.2. The Morgan fingerprint density at radius 3 is 2.37 bits per heavy atom. The van der Waals surface area contributed by atoms with Crippen LogP contribution >= 0.6 is 0 Å². The van der Waals surface area contributed by atoms with E-state index in [0.29, 0.717) is 35.7 Å². The van der Waals surface area contributed by atoms with Gasteiger partial charge in [0.05, 0.1) is 5.69 Å². The summed E-state index contributed by atoms with van der Waals surface area (Å²) in [7, 11) is 1.80. The fraction of sp³-hybridized carbons (Fsp3) is 0.172. The van der Waals surface area contributed by atoms with Gasteiger partial charge in [0, 0.05) is 26.2 Å². The highest BCUT2D eigenvalue weighted by Crippen LogP contribution is 2.25. The summed E-state index contributed by atoms with van der Waals surface area (Å²) in [6.45, 7) is 4.43. The fourth-order valence-electron chi connectivity index (χ4n) is 3.38. The standard InChI is InChI=1S/C29H30N4O5/c1-4-33(20-34)29(37)31-28(32(3)19-23-10-8-21(2)9-11-23)30-24-13-15-25(16-14-24)38-26-7-5-6-22(18-26)12-17-27(35)36/h5-18,20H,4,19H2,1-3H3,(H,35,36)(H,30,31,37)/b17-12+. The molecule has 9 nitrogen and oxygen atoms in total. The molecule has 38 heavy (non-hydrogen) atoms. The Kier molecular flexibility index (Phi) is 9.76. The lowest BCUT2D eigenvalue weighted by atomic mass is 10.1. The molecule has 3 aromatic rings. The van der Waals surface area contributed by atoms with E-state index >= 15 is 0 Å². The number of aliphatic carboxylic acids is 1. The van der Waals surface area contributed by atoms with Crippen molar-refractivity contribution in [2.75, 3.05) is 13.6 Å². The minimum atomic E-state index is -1.03. The van der Waals surface area contributed by atoms with Crippen LogP contribution in [0.5, 0.6) is 11.5 Å². The van der Waals surface area contributed by atoms with Crippen molar-refractivity contribution in [3.05, 3.63) is 95.6 Å². The SMILES string of the molecule is CCN(C=O)C(=O)NC(=Nc1ccc(Oc2cccc(/C=C/C(=O)O)c2)cc1)N(C)Cc1ccc(C)cc1. The quantitative estimate of drug-likeness (QED) is 0.176. The number of imide groups is 1. The third kappa shape index (κ3) is 8.34. The number of carbonyl (C=O) groups excluding carboxylic acids is 2. The first-order chi connectivity index (χ1) is 18.3.